The zero-order valence-corrected chi connectivity index (χ0v) is 16.8. The quantitative estimate of drug-likeness (QED) is 0.720. The maximum atomic E-state index is 12.6. The summed E-state index contributed by atoms with van der Waals surface area (Å²) in [6.07, 6.45) is 0. The average molecular weight is 386 g/mol. The van der Waals surface area contributed by atoms with E-state index in [1.165, 1.54) is 11.1 Å². The van der Waals surface area contributed by atoms with Crippen molar-refractivity contribution in [3.8, 4) is 0 Å². The van der Waals surface area contributed by atoms with Crippen LogP contribution in [0.3, 0.4) is 0 Å². The first-order valence-electron chi connectivity index (χ1n) is 10.2. The molecule has 1 aliphatic rings. The molecule has 0 aliphatic carbocycles. The Kier molecular flexibility index (Phi) is 6.03. The monoisotopic (exact) mass is 385 g/mol. The number of hydrazine groups is 1. The fraction of sp³-hybridized carbons (Fsp3) is 0.240. The van der Waals surface area contributed by atoms with E-state index >= 15 is 0 Å². The second-order valence-corrected chi connectivity index (χ2v) is 7.56. The molecule has 1 N–H and O–H groups in total. The third-order valence-corrected chi connectivity index (χ3v) is 5.45. The van der Waals surface area contributed by atoms with Crippen molar-refractivity contribution in [2.24, 2.45) is 0 Å². The van der Waals surface area contributed by atoms with Gasteiger partial charge in [0.05, 0.1) is 6.04 Å². The van der Waals surface area contributed by atoms with Crippen LogP contribution in [0.25, 0.3) is 0 Å². The van der Waals surface area contributed by atoms with E-state index in [9.17, 15) is 4.79 Å². The highest BCUT2D eigenvalue weighted by Crippen LogP contribution is 2.29. The maximum absolute atomic E-state index is 12.6. The summed E-state index contributed by atoms with van der Waals surface area (Å²) in [6.45, 7) is 5.38. The lowest BCUT2D eigenvalue weighted by atomic mass is 9.96. The van der Waals surface area contributed by atoms with Gasteiger partial charge in [-0.05, 0) is 30.2 Å². The van der Waals surface area contributed by atoms with Crippen molar-refractivity contribution >= 4 is 5.91 Å². The van der Waals surface area contributed by atoms with Crippen LogP contribution in [0.1, 0.15) is 33.1 Å². The molecule has 4 heteroatoms. The molecule has 0 spiro atoms. The van der Waals surface area contributed by atoms with Gasteiger partial charge in [0.1, 0.15) is 0 Å². The first kappa shape index (κ1) is 19.4. The molecule has 148 valence electrons. The van der Waals surface area contributed by atoms with Crippen LogP contribution in [0.5, 0.6) is 0 Å². The van der Waals surface area contributed by atoms with Gasteiger partial charge in [-0.25, -0.2) is 5.01 Å². The second kappa shape index (κ2) is 9.03. The Morgan fingerprint density at radius 2 is 1.38 bits per heavy atom. The first-order valence-corrected chi connectivity index (χ1v) is 10.2. The summed E-state index contributed by atoms with van der Waals surface area (Å²) in [7, 11) is 0. The number of nitrogens with zero attached hydrogens (tertiary/aromatic N) is 2. The number of hydrogen-bond acceptors (Lipinski definition) is 3. The normalized spacial score (nSPS) is 15.4. The fourth-order valence-corrected chi connectivity index (χ4v) is 3.97. The number of carbonyl (C=O) groups excluding carboxylic acids is 1. The Bertz CT molecular complexity index is 895. The largest absolute Gasteiger partial charge is 0.290 e. The van der Waals surface area contributed by atoms with Crippen molar-refractivity contribution in [3.05, 3.63) is 107 Å². The smallest absolute Gasteiger partial charge is 0.265 e. The van der Waals surface area contributed by atoms with Crippen molar-refractivity contribution in [3.63, 3.8) is 0 Å². The van der Waals surface area contributed by atoms with Crippen molar-refractivity contribution in [2.45, 2.75) is 13.0 Å². The Morgan fingerprint density at radius 1 is 0.793 bits per heavy atom. The molecular weight excluding hydrogens is 358 g/mol. The van der Waals surface area contributed by atoms with Gasteiger partial charge in [-0.2, -0.15) is 0 Å². The van der Waals surface area contributed by atoms with Crippen LogP contribution in [0, 0.1) is 6.92 Å². The molecule has 3 aromatic rings. The lowest BCUT2D eigenvalue weighted by Crippen LogP contribution is -2.54. The average Bonchev–Trinajstić information content (AvgIpc) is 2.77. The predicted octanol–water partition coefficient (Wildman–Crippen LogP) is 4.05. The minimum atomic E-state index is -0.0372. The zero-order chi connectivity index (χ0) is 20.1. The standard InChI is InChI=1S/C25H27N3O/c1-20-9-8-14-23(19-20)25(29)26-28-17-15-27(16-18-28)24(21-10-4-2-5-11-21)22-12-6-3-7-13-22/h2-14,19,24H,15-18H2,1H3,(H,26,29). The molecular formula is C25H27N3O. The molecule has 0 unspecified atom stereocenters. The molecule has 1 amide bonds. The van der Waals surface area contributed by atoms with E-state index in [1.54, 1.807) is 0 Å². The SMILES string of the molecule is Cc1cccc(C(=O)NN2CCN(C(c3ccccc3)c3ccccc3)CC2)c1. The van der Waals surface area contributed by atoms with Gasteiger partial charge in [0.15, 0.2) is 0 Å². The third-order valence-electron chi connectivity index (χ3n) is 5.45. The molecule has 3 aromatic carbocycles. The van der Waals surface area contributed by atoms with Crippen LogP contribution >= 0.6 is 0 Å². The molecule has 1 fully saturated rings. The Balaban J connectivity index is 1.44. The maximum Gasteiger partial charge on any atom is 0.265 e. The van der Waals surface area contributed by atoms with Gasteiger partial charge in [-0.3, -0.25) is 15.1 Å². The van der Waals surface area contributed by atoms with Gasteiger partial charge >= 0.3 is 0 Å². The minimum absolute atomic E-state index is 0.0372. The van der Waals surface area contributed by atoms with Crippen LogP contribution in [-0.2, 0) is 0 Å². The van der Waals surface area contributed by atoms with Gasteiger partial charge < -0.3 is 0 Å². The summed E-state index contributed by atoms with van der Waals surface area (Å²) >= 11 is 0. The van der Waals surface area contributed by atoms with E-state index in [0.717, 1.165) is 31.7 Å². The molecule has 0 radical (unpaired) electrons. The highest BCUT2D eigenvalue weighted by molar-refractivity contribution is 5.94. The van der Waals surface area contributed by atoms with Crippen molar-refractivity contribution < 1.29 is 4.79 Å². The van der Waals surface area contributed by atoms with Gasteiger partial charge in [-0.1, -0.05) is 78.4 Å². The number of benzene rings is 3. The Labute approximate surface area is 172 Å². The first-order chi connectivity index (χ1) is 14.2. The van der Waals surface area contributed by atoms with E-state index in [-0.39, 0.29) is 11.9 Å². The highest BCUT2D eigenvalue weighted by atomic mass is 16.2. The predicted molar refractivity (Wildman–Crippen MR) is 117 cm³/mol. The van der Waals surface area contributed by atoms with E-state index in [2.05, 4.69) is 71.0 Å². The number of amides is 1. The molecule has 0 saturated carbocycles. The molecule has 29 heavy (non-hydrogen) atoms. The van der Waals surface area contributed by atoms with Crippen LogP contribution < -0.4 is 5.43 Å². The molecule has 0 aromatic heterocycles. The third kappa shape index (κ3) is 4.73. The van der Waals surface area contributed by atoms with E-state index in [1.807, 2.05) is 36.2 Å². The zero-order valence-electron chi connectivity index (χ0n) is 16.8. The number of carbonyl (C=O) groups is 1. The number of aryl methyl sites for hydroxylation is 1. The lowest BCUT2D eigenvalue weighted by molar-refractivity contribution is 0.0554. The topological polar surface area (TPSA) is 35.6 Å². The van der Waals surface area contributed by atoms with Crippen LogP contribution in [0.2, 0.25) is 0 Å². The summed E-state index contributed by atoms with van der Waals surface area (Å²) in [4.78, 5) is 15.1. The van der Waals surface area contributed by atoms with Crippen molar-refractivity contribution in [2.75, 3.05) is 26.2 Å². The lowest BCUT2D eigenvalue weighted by Gasteiger charge is -2.39. The van der Waals surface area contributed by atoms with E-state index < -0.39 is 0 Å². The van der Waals surface area contributed by atoms with Crippen LogP contribution in [-0.4, -0.2) is 42.0 Å². The number of nitrogens with one attached hydrogen (secondary N) is 1. The Morgan fingerprint density at radius 3 is 1.93 bits per heavy atom. The van der Waals surface area contributed by atoms with Crippen molar-refractivity contribution in [1.29, 1.82) is 0 Å². The van der Waals surface area contributed by atoms with E-state index in [4.69, 9.17) is 0 Å². The number of piperazine rings is 1. The van der Waals surface area contributed by atoms with Crippen LogP contribution in [0.4, 0.5) is 0 Å². The number of rotatable bonds is 5. The molecule has 4 nitrogen and oxygen atoms in total. The highest BCUT2D eigenvalue weighted by Gasteiger charge is 2.27. The fourth-order valence-electron chi connectivity index (χ4n) is 3.97. The summed E-state index contributed by atoms with van der Waals surface area (Å²) in [6, 6.07) is 29.3. The van der Waals surface area contributed by atoms with Gasteiger partial charge in [0.2, 0.25) is 0 Å². The molecule has 0 bridgehead atoms. The van der Waals surface area contributed by atoms with E-state index in [0.29, 0.717) is 5.56 Å². The Hall–Kier alpha value is -2.95. The van der Waals surface area contributed by atoms with Crippen LogP contribution in [0.15, 0.2) is 84.9 Å². The molecule has 4 rings (SSSR count). The minimum Gasteiger partial charge on any atom is -0.290 e. The van der Waals surface area contributed by atoms with Gasteiger partial charge in [-0.15, -0.1) is 0 Å². The molecule has 1 aliphatic heterocycles. The second-order valence-electron chi connectivity index (χ2n) is 7.56. The van der Waals surface area contributed by atoms with Crippen molar-refractivity contribution in [1.82, 2.24) is 15.3 Å². The van der Waals surface area contributed by atoms with Gasteiger partial charge in [0.25, 0.3) is 5.91 Å². The molecule has 0 atom stereocenters. The number of hydrogen-bond donors (Lipinski definition) is 1. The summed E-state index contributed by atoms with van der Waals surface area (Å²) < 4.78 is 0. The summed E-state index contributed by atoms with van der Waals surface area (Å²) in [5, 5.41) is 2.04. The van der Waals surface area contributed by atoms with Gasteiger partial charge in [0, 0.05) is 31.7 Å². The molecule has 1 heterocycles. The summed E-state index contributed by atoms with van der Waals surface area (Å²) in [5.41, 5.74) is 7.47. The molecule has 1 saturated heterocycles. The summed E-state index contributed by atoms with van der Waals surface area (Å²) in [5.74, 6) is -0.0372.